The van der Waals surface area contributed by atoms with Gasteiger partial charge >= 0.3 is 0 Å². The maximum Gasteiger partial charge on any atom is 0.274 e. The van der Waals surface area contributed by atoms with Crippen LogP contribution in [-0.4, -0.2) is 28.9 Å². The van der Waals surface area contributed by atoms with Crippen molar-refractivity contribution in [3.8, 4) is 0 Å². The second kappa shape index (κ2) is 6.20. The number of amides is 1. The third-order valence-corrected chi connectivity index (χ3v) is 4.68. The predicted octanol–water partition coefficient (Wildman–Crippen LogP) is 3.06. The van der Waals surface area contributed by atoms with E-state index >= 15 is 0 Å². The fraction of sp³-hybridized carbons (Fsp3) is 0.600. The number of carbonyl (C=O) groups is 1. The summed E-state index contributed by atoms with van der Waals surface area (Å²) >= 11 is 6.10. The highest BCUT2D eigenvalue weighted by Gasteiger charge is 2.31. The molecule has 0 bridgehead atoms. The molecule has 0 saturated heterocycles. The van der Waals surface area contributed by atoms with Crippen molar-refractivity contribution in [3.05, 3.63) is 22.8 Å². The summed E-state index contributed by atoms with van der Waals surface area (Å²) in [6.45, 7) is 4.56. The standard InChI is InChI=1S/C15H23ClN4O/c1-15(2)8-6-10(7-9-15)20(3)14(21)13-11(16)4-5-12(18-13)19-17/h4-5,10H,6-9,17H2,1-3H3,(H,18,19). The van der Waals surface area contributed by atoms with E-state index in [1.807, 2.05) is 7.05 Å². The third kappa shape index (κ3) is 3.66. The summed E-state index contributed by atoms with van der Waals surface area (Å²) in [6.07, 6.45) is 4.28. The fourth-order valence-electron chi connectivity index (χ4n) is 2.78. The summed E-state index contributed by atoms with van der Waals surface area (Å²) in [7, 11) is 1.83. The van der Waals surface area contributed by atoms with Crippen molar-refractivity contribution in [2.75, 3.05) is 12.5 Å². The van der Waals surface area contributed by atoms with Crippen molar-refractivity contribution >= 4 is 23.3 Å². The number of hydrazine groups is 1. The highest BCUT2D eigenvalue weighted by Crippen LogP contribution is 2.37. The van der Waals surface area contributed by atoms with Crippen LogP contribution in [0.25, 0.3) is 0 Å². The number of nitrogens with zero attached hydrogens (tertiary/aromatic N) is 2. The highest BCUT2D eigenvalue weighted by atomic mass is 35.5. The van der Waals surface area contributed by atoms with E-state index in [9.17, 15) is 4.79 Å². The molecule has 1 aromatic heterocycles. The lowest BCUT2D eigenvalue weighted by Gasteiger charge is -2.38. The number of nitrogens with one attached hydrogen (secondary N) is 1. The van der Waals surface area contributed by atoms with Crippen LogP contribution in [0.2, 0.25) is 5.02 Å². The Bertz CT molecular complexity index is 522. The van der Waals surface area contributed by atoms with Crippen molar-refractivity contribution in [2.45, 2.75) is 45.6 Å². The topological polar surface area (TPSA) is 71.2 Å². The maximum atomic E-state index is 12.6. The van der Waals surface area contributed by atoms with Gasteiger partial charge in [-0.25, -0.2) is 10.8 Å². The average Bonchev–Trinajstić information content (AvgIpc) is 2.46. The third-order valence-electron chi connectivity index (χ3n) is 4.37. The van der Waals surface area contributed by atoms with Crippen LogP contribution in [0.5, 0.6) is 0 Å². The van der Waals surface area contributed by atoms with Gasteiger partial charge in [0.05, 0.1) is 5.02 Å². The minimum Gasteiger partial charge on any atom is -0.337 e. The largest absolute Gasteiger partial charge is 0.337 e. The van der Waals surface area contributed by atoms with Crippen LogP contribution in [0.1, 0.15) is 50.0 Å². The first kappa shape index (κ1) is 16.0. The summed E-state index contributed by atoms with van der Waals surface area (Å²) in [4.78, 5) is 18.5. The predicted molar refractivity (Wildman–Crippen MR) is 85.2 cm³/mol. The molecule has 1 heterocycles. The van der Waals surface area contributed by atoms with Crippen LogP contribution < -0.4 is 11.3 Å². The van der Waals surface area contributed by atoms with Crippen LogP contribution >= 0.6 is 11.6 Å². The number of aromatic nitrogens is 1. The number of rotatable bonds is 3. The Morgan fingerprint density at radius 1 is 1.43 bits per heavy atom. The van der Waals surface area contributed by atoms with E-state index in [-0.39, 0.29) is 17.6 Å². The van der Waals surface area contributed by atoms with Crippen molar-refractivity contribution in [2.24, 2.45) is 11.3 Å². The van der Waals surface area contributed by atoms with Gasteiger partial charge in [-0.15, -0.1) is 0 Å². The number of hydrogen-bond donors (Lipinski definition) is 2. The number of hydrogen-bond acceptors (Lipinski definition) is 4. The first-order valence-electron chi connectivity index (χ1n) is 7.24. The van der Waals surface area contributed by atoms with Crippen molar-refractivity contribution in [3.63, 3.8) is 0 Å². The number of halogens is 1. The molecule has 3 N–H and O–H groups in total. The average molecular weight is 311 g/mol. The van der Waals surface area contributed by atoms with Gasteiger partial charge in [-0.2, -0.15) is 0 Å². The zero-order chi connectivity index (χ0) is 15.6. The number of anilines is 1. The Kier molecular flexibility index (Phi) is 4.74. The molecule has 0 aromatic carbocycles. The van der Waals surface area contributed by atoms with E-state index in [2.05, 4.69) is 24.3 Å². The Labute approximate surface area is 130 Å². The van der Waals surface area contributed by atoms with Gasteiger partial charge < -0.3 is 10.3 Å². The van der Waals surface area contributed by atoms with Gasteiger partial charge in [0.25, 0.3) is 5.91 Å². The van der Waals surface area contributed by atoms with E-state index < -0.39 is 0 Å². The smallest absolute Gasteiger partial charge is 0.274 e. The lowest BCUT2D eigenvalue weighted by molar-refractivity contribution is 0.0630. The van der Waals surface area contributed by atoms with Crippen LogP contribution in [-0.2, 0) is 0 Å². The molecule has 2 rings (SSSR count). The molecule has 5 nitrogen and oxygen atoms in total. The van der Waals surface area contributed by atoms with Crippen LogP contribution in [0.4, 0.5) is 5.82 Å². The quantitative estimate of drug-likeness (QED) is 0.665. The number of nitrogen functional groups attached to an aromatic ring is 1. The monoisotopic (exact) mass is 310 g/mol. The number of carbonyl (C=O) groups excluding carboxylic acids is 1. The molecule has 1 amide bonds. The van der Waals surface area contributed by atoms with Crippen LogP contribution in [0.15, 0.2) is 12.1 Å². The van der Waals surface area contributed by atoms with E-state index in [1.165, 1.54) is 0 Å². The normalized spacial score (nSPS) is 18.3. The van der Waals surface area contributed by atoms with Gasteiger partial charge in [0.1, 0.15) is 11.5 Å². The molecule has 21 heavy (non-hydrogen) atoms. The first-order valence-corrected chi connectivity index (χ1v) is 7.62. The molecule has 0 aliphatic heterocycles. The fourth-order valence-corrected chi connectivity index (χ4v) is 2.96. The Hall–Kier alpha value is -1.33. The molecule has 1 saturated carbocycles. The van der Waals surface area contributed by atoms with E-state index in [1.54, 1.807) is 17.0 Å². The molecule has 0 atom stereocenters. The van der Waals surface area contributed by atoms with Gasteiger partial charge in [-0.1, -0.05) is 25.4 Å². The minimum absolute atomic E-state index is 0.151. The van der Waals surface area contributed by atoms with E-state index in [4.69, 9.17) is 17.4 Å². The number of nitrogens with two attached hydrogens (primary N) is 1. The molecule has 0 unspecified atom stereocenters. The summed E-state index contributed by atoms with van der Waals surface area (Å²) in [5.41, 5.74) is 3.06. The summed E-state index contributed by atoms with van der Waals surface area (Å²) < 4.78 is 0. The zero-order valence-electron chi connectivity index (χ0n) is 12.8. The minimum atomic E-state index is -0.151. The van der Waals surface area contributed by atoms with Gasteiger partial charge in [-0.05, 0) is 43.2 Å². The molecule has 1 aliphatic carbocycles. The van der Waals surface area contributed by atoms with Gasteiger partial charge in [0.15, 0.2) is 0 Å². The highest BCUT2D eigenvalue weighted by molar-refractivity contribution is 6.33. The SMILES string of the molecule is CN(C(=O)c1nc(NN)ccc1Cl)C1CCC(C)(C)CC1. The van der Waals surface area contributed by atoms with Crippen molar-refractivity contribution in [1.29, 1.82) is 0 Å². The second-order valence-corrected chi connectivity index (χ2v) is 6.89. The van der Waals surface area contributed by atoms with Gasteiger partial charge in [0, 0.05) is 13.1 Å². The molecule has 1 fully saturated rings. The molecule has 1 aromatic rings. The van der Waals surface area contributed by atoms with E-state index in [0.29, 0.717) is 16.3 Å². The lowest BCUT2D eigenvalue weighted by atomic mass is 9.75. The molecule has 0 radical (unpaired) electrons. The zero-order valence-corrected chi connectivity index (χ0v) is 13.6. The molecule has 116 valence electrons. The van der Waals surface area contributed by atoms with Crippen LogP contribution in [0, 0.1) is 5.41 Å². The Balaban J connectivity index is 2.13. The second-order valence-electron chi connectivity index (χ2n) is 6.48. The first-order chi connectivity index (χ1) is 9.84. The Morgan fingerprint density at radius 2 is 2.05 bits per heavy atom. The molecule has 6 heteroatoms. The molecule has 0 spiro atoms. The maximum absolute atomic E-state index is 12.6. The van der Waals surface area contributed by atoms with Crippen molar-refractivity contribution in [1.82, 2.24) is 9.88 Å². The summed E-state index contributed by atoms with van der Waals surface area (Å²) in [5, 5.41) is 0.349. The summed E-state index contributed by atoms with van der Waals surface area (Å²) in [5.74, 6) is 5.62. The van der Waals surface area contributed by atoms with Crippen LogP contribution in [0.3, 0.4) is 0 Å². The van der Waals surface area contributed by atoms with E-state index in [0.717, 1.165) is 25.7 Å². The van der Waals surface area contributed by atoms with Crippen molar-refractivity contribution < 1.29 is 4.79 Å². The Morgan fingerprint density at radius 3 is 2.62 bits per heavy atom. The molecule has 1 aliphatic rings. The lowest BCUT2D eigenvalue weighted by Crippen LogP contribution is -2.41. The molecular weight excluding hydrogens is 288 g/mol. The van der Waals surface area contributed by atoms with Gasteiger partial charge in [0.2, 0.25) is 0 Å². The number of pyridine rings is 1. The van der Waals surface area contributed by atoms with Gasteiger partial charge in [-0.3, -0.25) is 4.79 Å². The summed E-state index contributed by atoms with van der Waals surface area (Å²) in [6, 6.07) is 3.52. The molecular formula is C15H23ClN4O.